The molecule has 1 aliphatic rings. The summed E-state index contributed by atoms with van der Waals surface area (Å²) in [4.78, 5) is 5.63. The maximum absolute atomic E-state index is 5.84. The van der Waals surface area contributed by atoms with Gasteiger partial charge in [0.05, 0.1) is 9.88 Å². The molecule has 0 spiro atoms. The molecule has 5 heteroatoms. The van der Waals surface area contributed by atoms with E-state index in [9.17, 15) is 0 Å². The average Bonchev–Trinajstić information content (AvgIpc) is 3.06. The zero-order valence-electron chi connectivity index (χ0n) is 12.8. The number of nitrogen functional groups attached to an aromatic ring is 1. The molecule has 1 fully saturated rings. The minimum atomic E-state index is 0.466. The van der Waals surface area contributed by atoms with E-state index in [4.69, 9.17) is 10.3 Å². The van der Waals surface area contributed by atoms with Gasteiger partial charge in [0.25, 0.3) is 5.89 Å². The van der Waals surface area contributed by atoms with Crippen LogP contribution in [0.3, 0.4) is 0 Å². The zero-order chi connectivity index (χ0) is 14.8. The molecule has 114 valence electrons. The number of nitrogens with zero attached hydrogens (tertiary/aromatic N) is 2. The number of hydrogen-bond acceptors (Lipinski definition) is 5. The van der Waals surface area contributed by atoms with Crippen LogP contribution in [0.2, 0.25) is 0 Å². The van der Waals surface area contributed by atoms with Crippen LogP contribution in [-0.4, -0.2) is 10.1 Å². The van der Waals surface area contributed by atoms with E-state index in [0.29, 0.717) is 11.8 Å². The monoisotopic (exact) mass is 305 g/mol. The van der Waals surface area contributed by atoms with Crippen molar-refractivity contribution in [1.82, 2.24) is 10.1 Å². The summed E-state index contributed by atoms with van der Waals surface area (Å²) in [5.74, 6) is 2.87. The van der Waals surface area contributed by atoms with E-state index >= 15 is 0 Å². The van der Waals surface area contributed by atoms with Gasteiger partial charge >= 0.3 is 0 Å². The van der Waals surface area contributed by atoms with Crippen molar-refractivity contribution in [3.63, 3.8) is 0 Å². The molecule has 2 aromatic heterocycles. The molecule has 0 atom stereocenters. The highest BCUT2D eigenvalue weighted by atomic mass is 32.1. The molecule has 4 nitrogen and oxygen atoms in total. The van der Waals surface area contributed by atoms with Crippen molar-refractivity contribution in [3.05, 3.63) is 17.5 Å². The summed E-state index contributed by atoms with van der Waals surface area (Å²) in [6.07, 6.45) is 7.63. The van der Waals surface area contributed by atoms with Crippen molar-refractivity contribution >= 4 is 16.3 Å². The Labute approximate surface area is 129 Å². The number of thiophene rings is 1. The van der Waals surface area contributed by atoms with Crippen molar-refractivity contribution in [2.24, 2.45) is 5.92 Å². The predicted molar refractivity (Wildman–Crippen MR) is 86.4 cm³/mol. The molecule has 0 radical (unpaired) electrons. The fourth-order valence-corrected chi connectivity index (χ4v) is 4.19. The minimum Gasteiger partial charge on any atom is -0.391 e. The fourth-order valence-electron chi connectivity index (χ4n) is 3.33. The Morgan fingerprint density at radius 2 is 2.10 bits per heavy atom. The molecule has 3 rings (SSSR count). The average molecular weight is 305 g/mol. The first-order valence-electron chi connectivity index (χ1n) is 7.87. The Morgan fingerprint density at radius 3 is 2.71 bits per heavy atom. The number of aromatic nitrogens is 2. The van der Waals surface area contributed by atoms with Gasteiger partial charge in [-0.3, -0.25) is 0 Å². The van der Waals surface area contributed by atoms with Gasteiger partial charge in [-0.05, 0) is 50.2 Å². The normalized spacial score (nSPS) is 22.6. The summed E-state index contributed by atoms with van der Waals surface area (Å²) in [7, 11) is 0. The number of nitrogens with two attached hydrogens (primary N) is 1. The lowest BCUT2D eigenvalue weighted by Crippen LogP contribution is -2.14. The molecule has 0 aromatic carbocycles. The van der Waals surface area contributed by atoms with E-state index in [1.54, 1.807) is 0 Å². The highest BCUT2D eigenvalue weighted by Gasteiger charge is 2.26. The molecule has 1 saturated carbocycles. The third-order valence-electron chi connectivity index (χ3n) is 4.48. The Kier molecular flexibility index (Phi) is 4.29. The van der Waals surface area contributed by atoms with E-state index in [1.807, 2.05) is 13.0 Å². The van der Waals surface area contributed by atoms with Crippen LogP contribution in [-0.2, 0) is 0 Å². The minimum absolute atomic E-state index is 0.466. The highest BCUT2D eigenvalue weighted by Crippen LogP contribution is 2.38. The van der Waals surface area contributed by atoms with Crippen LogP contribution in [0.4, 0.5) is 5.00 Å². The first kappa shape index (κ1) is 14.6. The predicted octanol–water partition coefficient (Wildman–Crippen LogP) is 4.76. The van der Waals surface area contributed by atoms with Crippen LogP contribution in [0.1, 0.15) is 62.8 Å². The molecular formula is C16H23N3OS. The van der Waals surface area contributed by atoms with Crippen molar-refractivity contribution in [1.29, 1.82) is 0 Å². The highest BCUT2D eigenvalue weighted by molar-refractivity contribution is 7.19. The molecule has 2 N–H and O–H groups in total. The van der Waals surface area contributed by atoms with Crippen LogP contribution in [0.25, 0.3) is 10.8 Å². The lowest BCUT2D eigenvalue weighted by molar-refractivity contribution is 0.296. The zero-order valence-corrected chi connectivity index (χ0v) is 13.6. The van der Waals surface area contributed by atoms with Gasteiger partial charge < -0.3 is 10.3 Å². The first-order chi connectivity index (χ1) is 10.2. The number of hydrogen-bond donors (Lipinski definition) is 1. The van der Waals surface area contributed by atoms with E-state index in [0.717, 1.165) is 27.2 Å². The summed E-state index contributed by atoms with van der Waals surface area (Å²) in [6.45, 7) is 4.30. The molecule has 2 aromatic rings. The number of anilines is 1. The van der Waals surface area contributed by atoms with Gasteiger partial charge in [-0.2, -0.15) is 4.98 Å². The van der Waals surface area contributed by atoms with Crippen molar-refractivity contribution in [2.45, 2.75) is 58.3 Å². The van der Waals surface area contributed by atoms with Gasteiger partial charge in [-0.25, -0.2) is 0 Å². The molecule has 21 heavy (non-hydrogen) atoms. The van der Waals surface area contributed by atoms with E-state index in [2.05, 4.69) is 17.1 Å². The van der Waals surface area contributed by atoms with Gasteiger partial charge in [-0.1, -0.05) is 24.9 Å². The fraction of sp³-hybridized carbons (Fsp3) is 0.625. The molecule has 0 aliphatic heterocycles. The maximum atomic E-state index is 5.84. The van der Waals surface area contributed by atoms with E-state index < -0.39 is 0 Å². The lowest BCUT2D eigenvalue weighted by Gasteiger charge is -2.26. The Hall–Kier alpha value is -1.36. The topological polar surface area (TPSA) is 64.9 Å². The Morgan fingerprint density at radius 1 is 1.33 bits per heavy atom. The number of rotatable bonds is 4. The molecule has 0 saturated heterocycles. The van der Waals surface area contributed by atoms with Crippen molar-refractivity contribution < 1.29 is 4.52 Å². The quantitative estimate of drug-likeness (QED) is 0.884. The molecule has 0 amide bonds. The Balaban J connectivity index is 1.70. The van der Waals surface area contributed by atoms with Gasteiger partial charge in [0, 0.05) is 5.92 Å². The number of aryl methyl sites for hydroxylation is 1. The van der Waals surface area contributed by atoms with Gasteiger partial charge in [-0.15, -0.1) is 11.3 Å². The van der Waals surface area contributed by atoms with Crippen LogP contribution in [0.5, 0.6) is 0 Å². The smallest absolute Gasteiger partial charge is 0.268 e. The third-order valence-corrected chi connectivity index (χ3v) is 5.54. The van der Waals surface area contributed by atoms with Crippen LogP contribution < -0.4 is 5.73 Å². The summed E-state index contributed by atoms with van der Waals surface area (Å²) < 4.78 is 5.47. The second kappa shape index (κ2) is 6.18. The van der Waals surface area contributed by atoms with Crippen molar-refractivity contribution in [2.75, 3.05) is 5.73 Å². The van der Waals surface area contributed by atoms with Crippen LogP contribution >= 0.6 is 11.3 Å². The first-order valence-corrected chi connectivity index (χ1v) is 8.69. The van der Waals surface area contributed by atoms with Gasteiger partial charge in [0.1, 0.15) is 0 Å². The molecular weight excluding hydrogens is 282 g/mol. The lowest BCUT2D eigenvalue weighted by atomic mass is 9.80. The second-order valence-electron chi connectivity index (χ2n) is 6.12. The molecule has 0 bridgehead atoms. The summed E-state index contributed by atoms with van der Waals surface area (Å²) in [5, 5.41) is 5.01. The third kappa shape index (κ3) is 3.12. The second-order valence-corrected chi connectivity index (χ2v) is 7.21. The maximum Gasteiger partial charge on any atom is 0.268 e. The van der Waals surface area contributed by atoms with Gasteiger partial charge in [0.15, 0.2) is 5.82 Å². The van der Waals surface area contributed by atoms with Crippen LogP contribution in [0, 0.1) is 12.8 Å². The SMILES string of the molecule is CCCC1CCC(c2noc(-c3sc(N)cc3C)n2)CC1. The summed E-state index contributed by atoms with van der Waals surface area (Å²) >= 11 is 1.52. The van der Waals surface area contributed by atoms with E-state index in [1.165, 1.54) is 49.9 Å². The standard InChI is InChI=1S/C16H23N3OS/c1-3-4-11-5-7-12(8-6-11)15-18-16(20-19-15)14-10(2)9-13(17)21-14/h9,11-12H,3-8,17H2,1-2H3. The van der Waals surface area contributed by atoms with Crippen molar-refractivity contribution in [3.8, 4) is 10.8 Å². The summed E-state index contributed by atoms with van der Waals surface area (Å²) in [6, 6.07) is 1.96. The molecule has 1 aliphatic carbocycles. The molecule has 2 heterocycles. The summed E-state index contributed by atoms with van der Waals surface area (Å²) in [5.41, 5.74) is 6.95. The van der Waals surface area contributed by atoms with Crippen LogP contribution in [0.15, 0.2) is 10.6 Å². The molecule has 0 unspecified atom stereocenters. The van der Waals surface area contributed by atoms with Gasteiger partial charge in [0.2, 0.25) is 0 Å². The largest absolute Gasteiger partial charge is 0.391 e. The van der Waals surface area contributed by atoms with E-state index in [-0.39, 0.29) is 0 Å². The Bertz CT molecular complexity index is 596.